The van der Waals surface area contributed by atoms with E-state index < -0.39 is 0 Å². The molecule has 0 unspecified atom stereocenters. The van der Waals surface area contributed by atoms with Gasteiger partial charge in [0.05, 0.1) is 0 Å². The lowest BCUT2D eigenvalue weighted by molar-refractivity contribution is 0.190. The SMILES string of the molecule is CC(C)N(CCN(C)C)C1CC1. The predicted octanol–water partition coefficient (Wildman–Crippen LogP) is 1.42. The fourth-order valence-electron chi connectivity index (χ4n) is 1.58. The highest BCUT2D eigenvalue weighted by molar-refractivity contribution is 4.86. The zero-order valence-electron chi connectivity index (χ0n) is 8.88. The first kappa shape index (κ1) is 10.0. The van der Waals surface area contributed by atoms with Crippen LogP contribution in [0.25, 0.3) is 0 Å². The normalized spacial score (nSPS) is 18.2. The van der Waals surface area contributed by atoms with E-state index in [1.54, 1.807) is 0 Å². The second-order valence-corrected chi connectivity index (χ2v) is 4.37. The van der Waals surface area contributed by atoms with Crippen molar-refractivity contribution in [2.24, 2.45) is 0 Å². The van der Waals surface area contributed by atoms with Gasteiger partial charge in [-0.1, -0.05) is 0 Å². The molecule has 1 saturated carbocycles. The highest BCUT2D eigenvalue weighted by Crippen LogP contribution is 2.28. The summed E-state index contributed by atoms with van der Waals surface area (Å²) < 4.78 is 0. The molecule has 0 aliphatic heterocycles. The Morgan fingerprint density at radius 1 is 1.17 bits per heavy atom. The molecule has 1 rings (SSSR count). The molecule has 72 valence electrons. The molecule has 2 heteroatoms. The molecule has 0 amide bonds. The van der Waals surface area contributed by atoms with Crippen molar-refractivity contribution in [3.63, 3.8) is 0 Å². The van der Waals surface area contributed by atoms with E-state index in [0.29, 0.717) is 0 Å². The summed E-state index contributed by atoms with van der Waals surface area (Å²) in [6.07, 6.45) is 2.84. The first-order valence-corrected chi connectivity index (χ1v) is 5.01. The highest BCUT2D eigenvalue weighted by atomic mass is 15.2. The molecule has 12 heavy (non-hydrogen) atoms. The third-order valence-corrected chi connectivity index (χ3v) is 2.48. The van der Waals surface area contributed by atoms with E-state index in [9.17, 15) is 0 Å². The minimum Gasteiger partial charge on any atom is -0.308 e. The average Bonchev–Trinajstić information content (AvgIpc) is 2.69. The van der Waals surface area contributed by atoms with Crippen molar-refractivity contribution in [1.29, 1.82) is 0 Å². The van der Waals surface area contributed by atoms with E-state index in [1.807, 2.05) is 0 Å². The molecule has 0 atom stereocenters. The second kappa shape index (κ2) is 4.24. The Kier molecular flexibility index (Phi) is 3.53. The minimum atomic E-state index is 0.720. The van der Waals surface area contributed by atoms with Crippen LogP contribution in [-0.4, -0.2) is 49.1 Å². The van der Waals surface area contributed by atoms with Crippen LogP contribution in [0.2, 0.25) is 0 Å². The van der Waals surface area contributed by atoms with E-state index in [4.69, 9.17) is 0 Å². The van der Waals surface area contributed by atoms with E-state index in [2.05, 4.69) is 37.7 Å². The number of likely N-dealkylation sites (N-methyl/N-ethyl adjacent to an activating group) is 1. The molecule has 0 bridgehead atoms. The van der Waals surface area contributed by atoms with Crippen molar-refractivity contribution in [2.75, 3.05) is 27.2 Å². The van der Waals surface area contributed by atoms with E-state index >= 15 is 0 Å². The smallest absolute Gasteiger partial charge is 0.0115 e. The molecule has 0 aromatic carbocycles. The molecule has 0 aromatic rings. The topological polar surface area (TPSA) is 6.48 Å². The summed E-state index contributed by atoms with van der Waals surface area (Å²) in [5.74, 6) is 0. The van der Waals surface area contributed by atoms with Gasteiger partial charge in [-0.15, -0.1) is 0 Å². The summed E-state index contributed by atoms with van der Waals surface area (Å²) in [5.41, 5.74) is 0. The predicted molar refractivity (Wildman–Crippen MR) is 53.4 cm³/mol. The maximum absolute atomic E-state index is 2.62. The van der Waals surface area contributed by atoms with Crippen LogP contribution in [0.4, 0.5) is 0 Å². The van der Waals surface area contributed by atoms with E-state index in [0.717, 1.165) is 12.1 Å². The molecular formula is C10H22N2. The summed E-state index contributed by atoms with van der Waals surface area (Å²) >= 11 is 0. The molecule has 0 N–H and O–H groups in total. The Morgan fingerprint density at radius 2 is 1.75 bits per heavy atom. The fourth-order valence-corrected chi connectivity index (χ4v) is 1.58. The van der Waals surface area contributed by atoms with Crippen molar-refractivity contribution in [3.8, 4) is 0 Å². The summed E-state index contributed by atoms with van der Waals surface area (Å²) in [6.45, 7) is 7.02. The van der Waals surface area contributed by atoms with Gasteiger partial charge in [-0.05, 0) is 40.8 Å². The van der Waals surface area contributed by atoms with Gasteiger partial charge < -0.3 is 4.90 Å². The Hall–Kier alpha value is -0.0800. The van der Waals surface area contributed by atoms with Crippen molar-refractivity contribution < 1.29 is 0 Å². The van der Waals surface area contributed by atoms with E-state index in [-0.39, 0.29) is 0 Å². The Labute approximate surface area is 76.5 Å². The highest BCUT2D eigenvalue weighted by Gasteiger charge is 2.29. The number of hydrogen-bond acceptors (Lipinski definition) is 2. The van der Waals surface area contributed by atoms with Gasteiger partial charge in [0.25, 0.3) is 0 Å². The number of rotatable bonds is 5. The lowest BCUT2D eigenvalue weighted by Gasteiger charge is -2.27. The van der Waals surface area contributed by atoms with Gasteiger partial charge >= 0.3 is 0 Å². The maximum atomic E-state index is 2.62. The van der Waals surface area contributed by atoms with Crippen molar-refractivity contribution in [1.82, 2.24) is 9.80 Å². The summed E-state index contributed by atoms with van der Waals surface area (Å²) in [4.78, 5) is 4.89. The van der Waals surface area contributed by atoms with E-state index in [1.165, 1.54) is 25.9 Å². The first-order valence-electron chi connectivity index (χ1n) is 5.01. The molecule has 0 aromatic heterocycles. The zero-order chi connectivity index (χ0) is 9.14. The quantitative estimate of drug-likeness (QED) is 0.616. The van der Waals surface area contributed by atoms with Crippen molar-refractivity contribution in [2.45, 2.75) is 38.8 Å². The molecule has 1 fully saturated rings. The minimum absolute atomic E-state index is 0.720. The molecular weight excluding hydrogens is 148 g/mol. The summed E-state index contributed by atoms with van der Waals surface area (Å²) in [6, 6.07) is 1.63. The van der Waals surface area contributed by atoms with Crippen LogP contribution < -0.4 is 0 Å². The molecule has 0 radical (unpaired) electrons. The van der Waals surface area contributed by atoms with Gasteiger partial charge in [0.1, 0.15) is 0 Å². The summed E-state index contributed by atoms with van der Waals surface area (Å²) in [7, 11) is 4.29. The Morgan fingerprint density at radius 3 is 2.08 bits per heavy atom. The van der Waals surface area contributed by atoms with Crippen LogP contribution in [0.15, 0.2) is 0 Å². The van der Waals surface area contributed by atoms with Crippen LogP contribution in [0, 0.1) is 0 Å². The number of hydrogen-bond donors (Lipinski definition) is 0. The molecule has 1 aliphatic rings. The molecule has 0 saturated heterocycles. The van der Waals surface area contributed by atoms with Crippen molar-refractivity contribution in [3.05, 3.63) is 0 Å². The third kappa shape index (κ3) is 3.11. The Balaban J connectivity index is 2.23. The largest absolute Gasteiger partial charge is 0.308 e. The molecule has 0 heterocycles. The zero-order valence-corrected chi connectivity index (χ0v) is 8.88. The fraction of sp³-hybridized carbons (Fsp3) is 1.00. The van der Waals surface area contributed by atoms with Gasteiger partial charge in [0.2, 0.25) is 0 Å². The first-order chi connectivity index (χ1) is 5.61. The van der Waals surface area contributed by atoms with Crippen LogP contribution in [0.5, 0.6) is 0 Å². The van der Waals surface area contributed by atoms with Crippen LogP contribution in [-0.2, 0) is 0 Å². The molecule has 2 nitrogen and oxygen atoms in total. The van der Waals surface area contributed by atoms with Gasteiger partial charge in [0, 0.05) is 25.2 Å². The average molecular weight is 170 g/mol. The lowest BCUT2D eigenvalue weighted by Crippen LogP contribution is -2.38. The van der Waals surface area contributed by atoms with Crippen LogP contribution in [0.1, 0.15) is 26.7 Å². The van der Waals surface area contributed by atoms with Crippen molar-refractivity contribution >= 4 is 0 Å². The van der Waals surface area contributed by atoms with Gasteiger partial charge in [-0.3, -0.25) is 4.90 Å². The monoisotopic (exact) mass is 170 g/mol. The maximum Gasteiger partial charge on any atom is 0.0115 e. The lowest BCUT2D eigenvalue weighted by atomic mass is 10.3. The van der Waals surface area contributed by atoms with Gasteiger partial charge in [-0.25, -0.2) is 0 Å². The van der Waals surface area contributed by atoms with Crippen LogP contribution in [0.3, 0.4) is 0 Å². The molecule has 0 spiro atoms. The Bertz CT molecular complexity index is 126. The van der Waals surface area contributed by atoms with Gasteiger partial charge in [-0.2, -0.15) is 0 Å². The molecule has 1 aliphatic carbocycles. The van der Waals surface area contributed by atoms with Gasteiger partial charge in [0.15, 0.2) is 0 Å². The third-order valence-electron chi connectivity index (χ3n) is 2.48. The number of nitrogens with zero attached hydrogens (tertiary/aromatic N) is 2. The standard InChI is InChI=1S/C10H22N2/c1-9(2)12(10-5-6-10)8-7-11(3)4/h9-10H,5-8H2,1-4H3. The summed E-state index contributed by atoms with van der Waals surface area (Å²) in [5, 5.41) is 0. The second-order valence-electron chi connectivity index (χ2n) is 4.37. The van der Waals surface area contributed by atoms with Crippen LogP contribution >= 0.6 is 0 Å².